The lowest BCUT2D eigenvalue weighted by molar-refractivity contribution is 0.575. The molecule has 0 aliphatic heterocycles. The topological polar surface area (TPSA) is 17.8 Å². The first-order valence-corrected chi connectivity index (χ1v) is 7.50. The van der Waals surface area contributed by atoms with E-state index in [1.807, 2.05) is 0 Å². The van der Waals surface area contributed by atoms with Crippen molar-refractivity contribution < 1.29 is 4.39 Å². The fourth-order valence-corrected chi connectivity index (χ4v) is 2.54. The highest BCUT2D eigenvalue weighted by atomic mass is 35.5. The lowest BCUT2D eigenvalue weighted by Crippen LogP contribution is -2.05. The zero-order valence-electron chi connectivity index (χ0n) is 11.3. The van der Waals surface area contributed by atoms with Gasteiger partial charge >= 0.3 is 0 Å². The van der Waals surface area contributed by atoms with Crippen molar-refractivity contribution >= 4 is 22.6 Å². The molecule has 0 unspecified atom stereocenters. The molecule has 0 spiro atoms. The fourth-order valence-electron chi connectivity index (χ4n) is 2.37. The van der Waals surface area contributed by atoms with Gasteiger partial charge in [0, 0.05) is 18.8 Å². The van der Waals surface area contributed by atoms with Crippen LogP contribution in [-0.2, 0) is 13.0 Å². The minimum Gasteiger partial charge on any atom is -0.328 e. The average molecular weight is 283 g/mol. The molecule has 0 radical (unpaired) electrons. The van der Waals surface area contributed by atoms with Crippen molar-refractivity contribution in [2.75, 3.05) is 5.88 Å². The molecular weight excluding hydrogens is 263 g/mol. The third kappa shape index (κ3) is 3.47. The van der Waals surface area contributed by atoms with Crippen LogP contribution < -0.4 is 0 Å². The van der Waals surface area contributed by atoms with E-state index in [-0.39, 0.29) is 5.82 Å². The third-order valence-corrected chi connectivity index (χ3v) is 3.53. The van der Waals surface area contributed by atoms with E-state index < -0.39 is 0 Å². The summed E-state index contributed by atoms with van der Waals surface area (Å²) >= 11 is 5.82. The molecule has 2 nitrogen and oxygen atoms in total. The van der Waals surface area contributed by atoms with E-state index in [0.717, 1.165) is 36.2 Å². The van der Waals surface area contributed by atoms with E-state index in [4.69, 9.17) is 11.6 Å². The third-order valence-electron chi connectivity index (χ3n) is 3.34. The molecular formula is C15H20ClFN2. The van der Waals surface area contributed by atoms with Crippen molar-refractivity contribution in [2.45, 2.75) is 45.6 Å². The zero-order chi connectivity index (χ0) is 13.7. The number of hydrogen-bond donors (Lipinski definition) is 0. The maximum Gasteiger partial charge on any atom is 0.125 e. The van der Waals surface area contributed by atoms with Crippen LogP contribution >= 0.6 is 11.6 Å². The van der Waals surface area contributed by atoms with Crippen LogP contribution in [0.25, 0.3) is 11.0 Å². The number of aryl methyl sites for hydroxylation is 2. The molecule has 4 heteroatoms. The maximum absolute atomic E-state index is 13.4. The van der Waals surface area contributed by atoms with Crippen LogP contribution in [0.5, 0.6) is 0 Å². The van der Waals surface area contributed by atoms with Crippen molar-refractivity contribution in [1.82, 2.24) is 9.55 Å². The molecule has 0 N–H and O–H groups in total. The summed E-state index contributed by atoms with van der Waals surface area (Å²) in [4.78, 5) is 4.55. The van der Waals surface area contributed by atoms with Crippen molar-refractivity contribution in [3.63, 3.8) is 0 Å². The van der Waals surface area contributed by atoms with Gasteiger partial charge in [-0.05, 0) is 24.6 Å². The van der Waals surface area contributed by atoms with E-state index in [0.29, 0.717) is 5.88 Å². The van der Waals surface area contributed by atoms with Crippen LogP contribution in [0.1, 0.15) is 38.4 Å². The first-order valence-electron chi connectivity index (χ1n) is 6.97. The molecule has 104 valence electrons. The van der Waals surface area contributed by atoms with Gasteiger partial charge in [-0.3, -0.25) is 0 Å². The molecule has 0 amide bonds. The number of nitrogens with zero attached hydrogens (tertiary/aromatic N) is 2. The lowest BCUT2D eigenvalue weighted by atomic mass is 10.2. The minimum absolute atomic E-state index is 0.209. The SMILES string of the molecule is CCCCCCn1c(CCCl)nc2ccc(F)cc21. The number of rotatable bonds is 7. The van der Waals surface area contributed by atoms with E-state index in [1.165, 1.54) is 25.3 Å². The molecule has 0 saturated carbocycles. The van der Waals surface area contributed by atoms with E-state index in [1.54, 1.807) is 12.1 Å². The Morgan fingerprint density at radius 2 is 2.11 bits per heavy atom. The van der Waals surface area contributed by atoms with Crippen molar-refractivity contribution in [3.05, 3.63) is 29.8 Å². The molecule has 0 bridgehead atoms. The number of imidazole rings is 1. The molecule has 0 fully saturated rings. The predicted octanol–water partition coefficient (Wildman–Crippen LogP) is 4.54. The van der Waals surface area contributed by atoms with Crippen LogP contribution in [0.3, 0.4) is 0 Å². The summed E-state index contributed by atoms with van der Waals surface area (Å²) in [7, 11) is 0. The lowest BCUT2D eigenvalue weighted by Gasteiger charge is -2.08. The van der Waals surface area contributed by atoms with E-state index >= 15 is 0 Å². The summed E-state index contributed by atoms with van der Waals surface area (Å²) < 4.78 is 15.5. The van der Waals surface area contributed by atoms with Crippen molar-refractivity contribution in [3.8, 4) is 0 Å². The molecule has 1 aromatic heterocycles. The van der Waals surface area contributed by atoms with Gasteiger partial charge in [0.15, 0.2) is 0 Å². The number of aromatic nitrogens is 2. The van der Waals surface area contributed by atoms with Gasteiger partial charge in [-0.25, -0.2) is 9.37 Å². The molecule has 0 aliphatic carbocycles. The van der Waals surface area contributed by atoms with Crippen LogP contribution in [0, 0.1) is 5.82 Å². The highest BCUT2D eigenvalue weighted by molar-refractivity contribution is 6.17. The summed E-state index contributed by atoms with van der Waals surface area (Å²) in [6.45, 7) is 3.09. The van der Waals surface area contributed by atoms with E-state index in [9.17, 15) is 4.39 Å². The molecule has 1 heterocycles. The molecule has 0 saturated heterocycles. The van der Waals surface area contributed by atoms with Crippen molar-refractivity contribution in [1.29, 1.82) is 0 Å². The highest BCUT2D eigenvalue weighted by Crippen LogP contribution is 2.19. The van der Waals surface area contributed by atoms with Gasteiger partial charge in [-0.1, -0.05) is 26.2 Å². The summed E-state index contributed by atoms with van der Waals surface area (Å²) in [6, 6.07) is 4.77. The Labute approximate surface area is 118 Å². The first-order chi connectivity index (χ1) is 9.26. The molecule has 19 heavy (non-hydrogen) atoms. The maximum atomic E-state index is 13.4. The molecule has 2 aromatic rings. The second-order valence-corrected chi connectivity index (χ2v) is 5.19. The average Bonchev–Trinajstić information content (AvgIpc) is 2.73. The number of hydrogen-bond acceptors (Lipinski definition) is 1. The van der Waals surface area contributed by atoms with Gasteiger partial charge in [0.05, 0.1) is 11.0 Å². The first kappa shape index (κ1) is 14.3. The largest absolute Gasteiger partial charge is 0.328 e. The Kier molecular flexibility index (Phi) is 5.20. The van der Waals surface area contributed by atoms with Crippen LogP contribution in [0.15, 0.2) is 18.2 Å². The Bertz CT molecular complexity index is 536. The number of fused-ring (bicyclic) bond motifs is 1. The molecule has 1 aromatic carbocycles. The van der Waals surface area contributed by atoms with Gasteiger partial charge in [0.1, 0.15) is 11.6 Å². The van der Waals surface area contributed by atoms with Crippen LogP contribution in [0.4, 0.5) is 4.39 Å². The monoisotopic (exact) mass is 282 g/mol. The van der Waals surface area contributed by atoms with Gasteiger partial charge in [-0.15, -0.1) is 11.6 Å². The Balaban J connectivity index is 2.25. The molecule has 0 aliphatic rings. The van der Waals surface area contributed by atoms with Crippen LogP contribution in [0.2, 0.25) is 0 Å². The number of halogens is 2. The molecule has 2 rings (SSSR count). The summed E-state index contributed by atoms with van der Waals surface area (Å²) in [5.74, 6) is 1.30. The summed E-state index contributed by atoms with van der Waals surface area (Å²) in [5, 5.41) is 0. The predicted molar refractivity (Wildman–Crippen MR) is 78.3 cm³/mol. The Morgan fingerprint density at radius 1 is 1.26 bits per heavy atom. The Morgan fingerprint density at radius 3 is 2.84 bits per heavy atom. The van der Waals surface area contributed by atoms with Gasteiger partial charge < -0.3 is 4.57 Å². The minimum atomic E-state index is -0.209. The Hall–Kier alpha value is -1.09. The van der Waals surface area contributed by atoms with Gasteiger partial charge in [0.2, 0.25) is 0 Å². The number of alkyl halides is 1. The summed E-state index contributed by atoms with van der Waals surface area (Å²) in [6.07, 6.45) is 5.49. The van der Waals surface area contributed by atoms with Crippen molar-refractivity contribution in [2.24, 2.45) is 0 Å². The smallest absolute Gasteiger partial charge is 0.125 e. The summed E-state index contributed by atoms with van der Waals surface area (Å²) in [5.41, 5.74) is 1.74. The number of unbranched alkanes of at least 4 members (excludes halogenated alkanes) is 3. The standard InChI is InChI=1S/C15H20ClFN2/c1-2-3-4-5-10-19-14-11-12(17)6-7-13(14)18-15(19)8-9-16/h6-7,11H,2-5,8-10H2,1H3. The molecule has 0 atom stereocenters. The number of benzene rings is 1. The van der Waals surface area contributed by atoms with E-state index in [2.05, 4.69) is 16.5 Å². The van der Waals surface area contributed by atoms with Gasteiger partial charge in [-0.2, -0.15) is 0 Å². The quantitative estimate of drug-likeness (QED) is 0.539. The second kappa shape index (κ2) is 6.90. The highest BCUT2D eigenvalue weighted by Gasteiger charge is 2.10. The normalized spacial score (nSPS) is 11.3. The fraction of sp³-hybridized carbons (Fsp3) is 0.533. The van der Waals surface area contributed by atoms with Crippen LogP contribution in [-0.4, -0.2) is 15.4 Å². The zero-order valence-corrected chi connectivity index (χ0v) is 12.1. The second-order valence-electron chi connectivity index (χ2n) is 4.81. The van der Waals surface area contributed by atoms with Gasteiger partial charge in [0.25, 0.3) is 0 Å².